The van der Waals surface area contributed by atoms with Crippen LogP contribution in [-0.2, 0) is 13.1 Å². The van der Waals surface area contributed by atoms with E-state index in [1.807, 2.05) is 54.1 Å². The highest BCUT2D eigenvalue weighted by Crippen LogP contribution is 2.23. The Morgan fingerprint density at radius 3 is 2.78 bits per heavy atom. The molecule has 0 aliphatic rings. The van der Waals surface area contributed by atoms with Gasteiger partial charge in [-0.1, -0.05) is 24.3 Å². The van der Waals surface area contributed by atoms with Gasteiger partial charge in [0.15, 0.2) is 0 Å². The maximum atomic E-state index is 13.4. The van der Waals surface area contributed by atoms with E-state index in [0.717, 1.165) is 11.3 Å². The average Bonchev–Trinajstić information content (AvgIpc) is 3.09. The first-order valence-corrected chi connectivity index (χ1v) is 8.81. The molecule has 0 atom stereocenters. The zero-order valence-corrected chi connectivity index (χ0v) is 15.1. The Morgan fingerprint density at radius 1 is 1.11 bits per heavy atom. The third kappa shape index (κ3) is 5.10. The van der Waals surface area contributed by atoms with Crippen molar-refractivity contribution < 1.29 is 13.9 Å². The molecule has 2 N–H and O–H groups in total. The van der Waals surface area contributed by atoms with E-state index >= 15 is 0 Å². The van der Waals surface area contributed by atoms with E-state index in [4.69, 9.17) is 4.74 Å². The highest BCUT2D eigenvalue weighted by molar-refractivity contribution is 5.90. The fraction of sp³-hybridized carbons (Fsp3) is 0.190. The number of para-hydroxylation sites is 2. The van der Waals surface area contributed by atoms with E-state index in [2.05, 4.69) is 10.6 Å². The van der Waals surface area contributed by atoms with Crippen molar-refractivity contribution >= 4 is 11.7 Å². The van der Waals surface area contributed by atoms with E-state index in [-0.39, 0.29) is 11.8 Å². The van der Waals surface area contributed by atoms with Gasteiger partial charge in [0.05, 0.1) is 18.8 Å². The van der Waals surface area contributed by atoms with Gasteiger partial charge in [-0.3, -0.25) is 0 Å². The first kappa shape index (κ1) is 18.5. The molecule has 0 saturated heterocycles. The van der Waals surface area contributed by atoms with Crippen molar-refractivity contribution in [3.05, 3.63) is 83.9 Å². The molecule has 3 rings (SSSR count). The van der Waals surface area contributed by atoms with Crippen LogP contribution in [0, 0.1) is 5.82 Å². The smallest absolute Gasteiger partial charge is 0.319 e. The summed E-state index contributed by atoms with van der Waals surface area (Å²) < 4.78 is 20.8. The van der Waals surface area contributed by atoms with E-state index in [1.54, 1.807) is 12.1 Å². The van der Waals surface area contributed by atoms with E-state index < -0.39 is 0 Å². The van der Waals surface area contributed by atoms with Crippen LogP contribution in [0.25, 0.3) is 0 Å². The highest BCUT2D eigenvalue weighted by Gasteiger charge is 2.08. The van der Waals surface area contributed by atoms with Crippen LogP contribution in [0.5, 0.6) is 5.75 Å². The molecule has 0 unspecified atom stereocenters. The first-order chi connectivity index (χ1) is 13.2. The molecule has 0 bridgehead atoms. The van der Waals surface area contributed by atoms with Gasteiger partial charge in [0.25, 0.3) is 0 Å². The summed E-state index contributed by atoms with van der Waals surface area (Å²) in [5, 5.41) is 5.64. The lowest BCUT2D eigenvalue weighted by Crippen LogP contribution is -2.29. The van der Waals surface area contributed by atoms with Crippen LogP contribution in [-0.4, -0.2) is 17.2 Å². The van der Waals surface area contributed by atoms with E-state index in [9.17, 15) is 9.18 Å². The second kappa shape index (κ2) is 8.89. The number of nitrogens with zero attached hydrogens (tertiary/aromatic N) is 1. The molecule has 0 radical (unpaired) electrons. The molecule has 5 nitrogen and oxygen atoms in total. The summed E-state index contributed by atoms with van der Waals surface area (Å²) >= 11 is 0. The average molecular weight is 367 g/mol. The van der Waals surface area contributed by atoms with Crippen LogP contribution in [0.1, 0.15) is 18.2 Å². The maximum Gasteiger partial charge on any atom is 0.319 e. The van der Waals surface area contributed by atoms with Crippen molar-refractivity contribution in [2.45, 2.75) is 20.0 Å². The topological polar surface area (TPSA) is 55.3 Å². The lowest BCUT2D eigenvalue weighted by Gasteiger charge is -2.13. The number of halogens is 1. The fourth-order valence-electron chi connectivity index (χ4n) is 2.78. The van der Waals surface area contributed by atoms with Crippen molar-refractivity contribution in [3.8, 4) is 5.75 Å². The van der Waals surface area contributed by atoms with Crippen molar-refractivity contribution in [3.63, 3.8) is 0 Å². The van der Waals surface area contributed by atoms with Gasteiger partial charge in [-0.05, 0) is 48.9 Å². The van der Waals surface area contributed by atoms with Gasteiger partial charge in [0.2, 0.25) is 0 Å². The summed E-state index contributed by atoms with van der Waals surface area (Å²) in [4.78, 5) is 12.2. The van der Waals surface area contributed by atoms with Crippen LogP contribution in [0.15, 0.2) is 66.9 Å². The standard InChI is InChI=1S/C21H22FN3O2/c1-2-27-20-11-4-3-10-19(20)24-21(26)23-14-18-9-6-12-25(18)15-16-7-5-8-17(22)13-16/h3-13H,2,14-15H2,1H3,(H2,23,24,26). The monoisotopic (exact) mass is 367 g/mol. The number of nitrogens with one attached hydrogen (secondary N) is 2. The number of anilines is 1. The fourth-order valence-corrected chi connectivity index (χ4v) is 2.78. The molecule has 0 aliphatic heterocycles. The van der Waals surface area contributed by atoms with Crippen molar-refractivity contribution in [2.24, 2.45) is 0 Å². The lowest BCUT2D eigenvalue weighted by atomic mass is 10.2. The number of amides is 2. The van der Waals surface area contributed by atoms with Crippen molar-refractivity contribution in [2.75, 3.05) is 11.9 Å². The Labute approximate surface area is 157 Å². The molecule has 27 heavy (non-hydrogen) atoms. The Morgan fingerprint density at radius 2 is 1.96 bits per heavy atom. The van der Waals surface area contributed by atoms with Gasteiger partial charge < -0.3 is 19.9 Å². The number of urea groups is 1. The summed E-state index contributed by atoms with van der Waals surface area (Å²) in [7, 11) is 0. The molecule has 0 aliphatic carbocycles. The predicted octanol–water partition coefficient (Wildman–Crippen LogP) is 4.40. The number of benzene rings is 2. The minimum absolute atomic E-state index is 0.258. The minimum Gasteiger partial charge on any atom is -0.492 e. The lowest BCUT2D eigenvalue weighted by molar-refractivity contribution is 0.251. The van der Waals surface area contributed by atoms with E-state index in [0.29, 0.717) is 31.1 Å². The number of hydrogen-bond acceptors (Lipinski definition) is 2. The molecule has 0 fully saturated rings. The number of carbonyl (C=O) groups excluding carboxylic acids is 1. The Kier molecular flexibility index (Phi) is 6.10. The molecule has 140 valence electrons. The molecule has 1 heterocycles. The zero-order chi connectivity index (χ0) is 19.1. The number of aromatic nitrogens is 1. The second-order valence-electron chi connectivity index (χ2n) is 5.99. The summed E-state index contributed by atoms with van der Waals surface area (Å²) in [6.45, 7) is 3.30. The van der Waals surface area contributed by atoms with Crippen LogP contribution in [0.3, 0.4) is 0 Å². The summed E-state index contributed by atoms with van der Waals surface area (Å²) in [5.41, 5.74) is 2.40. The zero-order valence-electron chi connectivity index (χ0n) is 15.1. The quantitative estimate of drug-likeness (QED) is 0.650. The van der Waals surface area contributed by atoms with Crippen molar-refractivity contribution in [1.29, 1.82) is 0 Å². The van der Waals surface area contributed by atoms with E-state index in [1.165, 1.54) is 12.1 Å². The third-order valence-corrected chi connectivity index (χ3v) is 4.03. The molecule has 2 amide bonds. The molecule has 0 saturated carbocycles. The van der Waals surface area contributed by atoms with Gasteiger partial charge in [-0.2, -0.15) is 0 Å². The number of ether oxygens (including phenoxy) is 1. The third-order valence-electron chi connectivity index (χ3n) is 4.03. The SMILES string of the molecule is CCOc1ccccc1NC(=O)NCc1cccn1Cc1cccc(F)c1. The Bertz CT molecular complexity index is 908. The summed E-state index contributed by atoms with van der Waals surface area (Å²) in [6.07, 6.45) is 1.91. The Balaban J connectivity index is 1.59. The molecule has 0 spiro atoms. The van der Waals surface area contributed by atoms with Gasteiger partial charge >= 0.3 is 6.03 Å². The largest absolute Gasteiger partial charge is 0.492 e. The van der Waals surface area contributed by atoms with Gasteiger partial charge in [-0.25, -0.2) is 9.18 Å². The van der Waals surface area contributed by atoms with Crippen LogP contribution in [0.2, 0.25) is 0 Å². The number of rotatable bonds is 7. The molecule has 1 aromatic heterocycles. The Hall–Kier alpha value is -3.28. The summed E-state index contributed by atoms with van der Waals surface area (Å²) in [5.74, 6) is 0.372. The first-order valence-electron chi connectivity index (χ1n) is 8.81. The molecule has 6 heteroatoms. The highest BCUT2D eigenvalue weighted by atomic mass is 19.1. The maximum absolute atomic E-state index is 13.4. The van der Waals surface area contributed by atoms with Gasteiger partial charge in [0, 0.05) is 18.4 Å². The molecule has 3 aromatic rings. The van der Waals surface area contributed by atoms with Crippen LogP contribution < -0.4 is 15.4 Å². The minimum atomic E-state index is -0.319. The molecular formula is C21H22FN3O2. The van der Waals surface area contributed by atoms with Gasteiger partial charge in [0.1, 0.15) is 11.6 Å². The number of hydrogen-bond donors (Lipinski definition) is 2. The van der Waals surface area contributed by atoms with Crippen LogP contribution >= 0.6 is 0 Å². The van der Waals surface area contributed by atoms with Gasteiger partial charge in [-0.15, -0.1) is 0 Å². The summed E-state index contributed by atoms with van der Waals surface area (Å²) in [6, 6.07) is 17.3. The predicted molar refractivity (Wildman–Crippen MR) is 103 cm³/mol. The molecular weight excluding hydrogens is 345 g/mol. The second-order valence-corrected chi connectivity index (χ2v) is 5.99. The van der Waals surface area contributed by atoms with Crippen LogP contribution in [0.4, 0.5) is 14.9 Å². The number of carbonyl (C=O) groups is 1. The molecule has 2 aromatic carbocycles. The normalized spacial score (nSPS) is 10.4. The van der Waals surface area contributed by atoms with Crippen molar-refractivity contribution in [1.82, 2.24) is 9.88 Å².